The van der Waals surface area contributed by atoms with Gasteiger partial charge in [0.15, 0.2) is 11.0 Å². The van der Waals surface area contributed by atoms with E-state index in [0.29, 0.717) is 5.16 Å². The molecule has 0 saturated heterocycles. The van der Waals surface area contributed by atoms with Crippen LogP contribution in [0.1, 0.15) is 6.42 Å². The zero-order chi connectivity index (χ0) is 13.7. The van der Waals surface area contributed by atoms with Crippen LogP contribution in [0.5, 0.6) is 0 Å². The van der Waals surface area contributed by atoms with Gasteiger partial charge < -0.3 is 0 Å². The summed E-state index contributed by atoms with van der Waals surface area (Å²) >= 11 is 1.24. The molecule has 1 heterocycles. The van der Waals surface area contributed by atoms with Gasteiger partial charge in [0, 0.05) is 30.3 Å². The lowest BCUT2D eigenvalue weighted by Crippen LogP contribution is -1.95. The van der Waals surface area contributed by atoms with Crippen molar-refractivity contribution in [2.75, 3.05) is 5.75 Å². The maximum Gasteiger partial charge on any atom is 0.301 e. The zero-order valence-electron chi connectivity index (χ0n) is 9.89. The first kappa shape index (κ1) is 13.7. The van der Waals surface area contributed by atoms with Crippen LogP contribution in [0.4, 0.5) is 13.2 Å². The van der Waals surface area contributed by atoms with Crippen LogP contribution in [0.25, 0.3) is 5.69 Å². The average molecular weight is 284 g/mol. The van der Waals surface area contributed by atoms with E-state index >= 15 is 0 Å². The number of benzene rings is 1. The Bertz CT molecular complexity index is 562. The lowest BCUT2D eigenvalue weighted by Gasteiger charge is -2.06. The highest BCUT2D eigenvalue weighted by Gasteiger charge is 2.08. The molecule has 0 amide bonds. The van der Waals surface area contributed by atoms with Gasteiger partial charge >= 0.3 is 6.08 Å². The van der Waals surface area contributed by atoms with Gasteiger partial charge in [-0.25, -0.2) is 9.37 Å². The van der Waals surface area contributed by atoms with Gasteiger partial charge in [-0.2, -0.15) is 8.78 Å². The molecule has 0 atom stereocenters. The molecule has 2 nitrogen and oxygen atoms in total. The number of thioether (sulfide) groups is 1. The van der Waals surface area contributed by atoms with Gasteiger partial charge in [0.05, 0.1) is 0 Å². The molecule has 19 heavy (non-hydrogen) atoms. The molecule has 0 aliphatic heterocycles. The van der Waals surface area contributed by atoms with E-state index in [-0.39, 0.29) is 12.2 Å². The predicted molar refractivity (Wildman–Crippen MR) is 69.3 cm³/mol. The molecule has 0 spiro atoms. The van der Waals surface area contributed by atoms with E-state index in [1.54, 1.807) is 12.4 Å². The summed E-state index contributed by atoms with van der Waals surface area (Å²) in [5, 5.41) is 0.651. The lowest BCUT2D eigenvalue weighted by molar-refractivity contribution is 0.373. The van der Waals surface area contributed by atoms with E-state index < -0.39 is 11.9 Å². The summed E-state index contributed by atoms with van der Waals surface area (Å²) < 4.78 is 38.3. The van der Waals surface area contributed by atoms with Crippen molar-refractivity contribution in [3.8, 4) is 5.69 Å². The maximum absolute atomic E-state index is 12.7. The first-order chi connectivity index (χ1) is 9.18. The topological polar surface area (TPSA) is 17.8 Å². The quantitative estimate of drug-likeness (QED) is 0.756. The lowest BCUT2D eigenvalue weighted by atomic mass is 10.3. The van der Waals surface area contributed by atoms with Crippen molar-refractivity contribution in [1.29, 1.82) is 0 Å². The number of imidazole rings is 1. The zero-order valence-corrected chi connectivity index (χ0v) is 10.7. The van der Waals surface area contributed by atoms with Crippen LogP contribution in [-0.2, 0) is 0 Å². The van der Waals surface area contributed by atoms with Crippen LogP contribution >= 0.6 is 11.8 Å². The summed E-state index contributed by atoms with van der Waals surface area (Å²) in [4.78, 5) is 4.13. The number of halogens is 3. The molecule has 2 rings (SSSR count). The van der Waals surface area contributed by atoms with E-state index in [1.807, 2.05) is 34.9 Å². The summed E-state index contributed by atoms with van der Waals surface area (Å²) in [6.07, 6.45) is 0.859. The second-order valence-electron chi connectivity index (χ2n) is 3.68. The van der Waals surface area contributed by atoms with Crippen LogP contribution in [-0.4, -0.2) is 15.3 Å². The number of nitrogens with zero attached hydrogens (tertiary/aromatic N) is 2. The summed E-state index contributed by atoms with van der Waals surface area (Å²) in [6, 6.07) is 9.51. The molecule has 0 saturated carbocycles. The molecule has 2 aromatic rings. The molecule has 100 valence electrons. The normalized spacial score (nSPS) is 10.5. The summed E-state index contributed by atoms with van der Waals surface area (Å²) in [6.45, 7) is 0. The molecule has 0 aliphatic rings. The van der Waals surface area contributed by atoms with Gasteiger partial charge in [0.25, 0.3) is 0 Å². The van der Waals surface area contributed by atoms with Crippen LogP contribution in [0, 0.1) is 0 Å². The third-order valence-corrected chi connectivity index (χ3v) is 3.37. The fraction of sp³-hybridized carbons (Fsp3) is 0.154. The minimum absolute atomic E-state index is 0.215. The predicted octanol–water partition coefficient (Wildman–Crippen LogP) is 4.43. The molecule has 1 aromatic carbocycles. The van der Waals surface area contributed by atoms with Gasteiger partial charge in [-0.05, 0) is 12.1 Å². The number of aromatic nitrogens is 2. The average Bonchev–Trinajstić information content (AvgIpc) is 2.88. The Kier molecular flexibility index (Phi) is 4.68. The monoisotopic (exact) mass is 284 g/mol. The van der Waals surface area contributed by atoms with Crippen molar-refractivity contribution in [3.05, 3.63) is 54.6 Å². The molecular weight excluding hydrogens is 273 g/mol. The highest BCUT2D eigenvalue weighted by atomic mass is 32.2. The Morgan fingerprint density at radius 3 is 2.58 bits per heavy atom. The van der Waals surface area contributed by atoms with Crippen molar-refractivity contribution in [1.82, 2.24) is 9.55 Å². The van der Waals surface area contributed by atoms with Crippen molar-refractivity contribution in [2.24, 2.45) is 0 Å². The van der Waals surface area contributed by atoms with Crippen molar-refractivity contribution in [3.63, 3.8) is 0 Å². The Morgan fingerprint density at radius 1 is 1.16 bits per heavy atom. The Morgan fingerprint density at radius 2 is 1.89 bits per heavy atom. The van der Waals surface area contributed by atoms with E-state index in [2.05, 4.69) is 4.98 Å². The van der Waals surface area contributed by atoms with Gasteiger partial charge in [0.2, 0.25) is 0 Å². The third kappa shape index (κ3) is 3.64. The molecule has 0 N–H and O–H groups in total. The van der Waals surface area contributed by atoms with Crippen molar-refractivity contribution < 1.29 is 13.2 Å². The molecule has 6 heteroatoms. The van der Waals surface area contributed by atoms with E-state index in [9.17, 15) is 13.2 Å². The number of hydrogen-bond donors (Lipinski definition) is 0. The molecule has 0 radical (unpaired) electrons. The molecule has 0 bridgehead atoms. The van der Waals surface area contributed by atoms with Crippen LogP contribution < -0.4 is 0 Å². The largest absolute Gasteiger partial charge is 0.301 e. The summed E-state index contributed by atoms with van der Waals surface area (Å²) in [7, 11) is 0. The van der Waals surface area contributed by atoms with Crippen LogP contribution in [0.3, 0.4) is 0 Å². The Balaban J connectivity index is 2.03. The summed E-state index contributed by atoms with van der Waals surface area (Å²) in [5.74, 6) is -1.14. The maximum atomic E-state index is 12.7. The Hall–Kier alpha value is -1.69. The van der Waals surface area contributed by atoms with Gasteiger partial charge in [0.1, 0.15) is 0 Å². The number of hydrogen-bond acceptors (Lipinski definition) is 2. The number of rotatable bonds is 5. The molecule has 1 aromatic heterocycles. The standard InChI is InChI=1S/C13H11F3N2S/c14-11(12(15)16)6-9-19-13-17-7-8-18(13)10-4-2-1-3-5-10/h1-5,7-8H,6,9H2. The second kappa shape index (κ2) is 6.47. The smallest absolute Gasteiger partial charge is 0.295 e. The minimum Gasteiger partial charge on any atom is -0.295 e. The highest BCUT2D eigenvalue weighted by Crippen LogP contribution is 2.23. The second-order valence-corrected chi connectivity index (χ2v) is 4.74. The first-order valence-corrected chi connectivity index (χ1v) is 6.58. The Labute approximate surface area is 113 Å². The van der Waals surface area contributed by atoms with Crippen molar-refractivity contribution in [2.45, 2.75) is 11.6 Å². The summed E-state index contributed by atoms with van der Waals surface area (Å²) in [5.41, 5.74) is 0.926. The molecule has 0 aliphatic carbocycles. The van der Waals surface area contributed by atoms with Gasteiger partial charge in [-0.3, -0.25) is 4.57 Å². The number of allylic oxidation sites excluding steroid dienone is 1. The van der Waals surface area contributed by atoms with Crippen LogP contribution in [0.2, 0.25) is 0 Å². The molecule has 0 unspecified atom stereocenters. The van der Waals surface area contributed by atoms with E-state index in [1.165, 1.54) is 11.8 Å². The van der Waals surface area contributed by atoms with Crippen molar-refractivity contribution >= 4 is 11.8 Å². The van der Waals surface area contributed by atoms with Crippen LogP contribution in [0.15, 0.2) is 59.8 Å². The first-order valence-electron chi connectivity index (χ1n) is 5.59. The van der Waals surface area contributed by atoms with E-state index in [4.69, 9.17) is 0 Å². The van der Waals surface area contributed by atoms with E-state index in [0.717, 1.165) is 5.69 Å². The minimum atomic E-state index is -2.24. The van der Waals surface area contributed by atoms with Gasteiger partial charge in [-0.15, -0.1) is 0 Å². The van der Waals surface area contributed by atoms with Gasteiger partial charge in [-0.1, -0.05) is 30.0 Å². The fourth-order valence-electron chi connectivity index (χ4n) is 1.51. The fourth-order valence-corrected chi connectivity index (χ4v) is 2.41. The highest BCUT2D eigenvalue weighted by molar-refractivity contribution is 7.99. The molecular formula is C13H11F3N2S. The number of para-hydroxylation sites is 1. The SMILES string of the molecule is FC(F)=C(F)CCSc1nccn1-c1ccccc1. The third-order valence-electron chi connectivity index (χ3n) is 2.40. The molecule has 0 fully saturated rings.